The summed E-state index contributed by atoms with van der Waals surface area (Å²) >= 11 is 0. The van der Waals surface area contributed by atoms with Crippen LogP contribution in [0.4, 0.5) is 5.69 Å². The Labute approximate surface area is 196 Å². The van der Waals surface area contributed by atoms with Crippen molar-refractivity contribution in [2.45, 2.75) is 58.0 Å². The lowest BCUT2D eigenvalue weighted by Gasteiger charge is -2.40. The largest absolute Gasteiger partial charge is 0.481 e. The van der Waals surface area contributed by atoms with Crippen molar-refractivity contribution in [1.29, 1.82) is 0 Å². The van der Waals surface area contributed by atoms with Crippen molar-refractivity contribution in [3.63, 3.8) is 0 Å². The maximum absolute atomic E-state index is 12.9. The molecule has 3 N–H and O–H groups in total. The maximum Gasteiger partial charge on any atom is 0.224 e. The van der Waals surface area contributed by atoms with Gasteiger partial charge in [-0.15, -0.1) is 0 Å². The van der Waals surface area contributed by atoms with E-state index in [4.69, 9.17) is 4.74 Å². The Kier molecular flexibility index (Phi) is 9.84. The summed E-state index contributed by atoms with van der Waals surface area (Å²) in [5.74, 6) is 0.219. The summed E-state index contributed by atoms with van der Waals surface area (Å²) in [6, 6.07) is 5.27. The van der Waals surface area contributed by atoms with Gasteiger partial charge in [-0.05, 0) is 44.0 Å². The number of ether oxygens (including phenoxy) is 1. The summed E-state index contributed by atoms with van der Waals surface area (Å²) < 4.78 is 5.21. The second kappa shape index (κ2) is 12.8. The molecule has 0 saturated carbocycles. The lowest BCUT2D eigenvalue weighted by molar-refractivity contribution is -0.118. The maximum atomic E-state index is 12.9. The lowest BCUT2D eigenvalue weighted by atomic mass is 9.79. The minimum Gasteiger partial charge on any atom is -0.481 e. The smallest absolute Gasteiger partial charge is 0.224 e. The third-order valence-electron chi connectivity index (χ3n) is 6.64. The Bertz CT molecular complexity index is 894. The summed E-state index contributed by atoms with van der Waals surface area (Å²) in [6.07, 6.45) is 8.09. The Morgan fingerprint density at radius 1 is 1.27 bits per heavy atom. The molecule has 1 fully saturated rings. The molecule has 8 nitrogen and oxygen atoms in total. The van der Waals surface area contributed by atoms with Crippen LogP contribution in [0.2, 0.25) is 0 Å². The number of piperidine rings is 1. The summed E-state index contributed by atoms with van der Waals surface area (Å²) in [4.78, 5) is 24.0. The number of aromatic nitrogens is 2. The number of amides is 1. The van der Waals surface area contributed by atoms with Crippen molar-refractivity contribution in [3.05, 3.63) is 24.4 Å². The standard InChI is InChI=1S/C25H38N4O4/c1-3-4-5-6-7-13-29-14-11-18(19(16-29)22(31)17-30)15-23(32)27-21-10-12-26-20-8-9-24(33-2)28-25(20)21/h8-10,12,18-19,22,30-31H,3-7,11,13-17H2,1-2H3,(H,26,27,32). The Morgan fingerprint density at radius 3 is 2.85 bits per heavy atom. The minimum absolute atomic E-state index is 0.0130. The molecule has 1 saturated heterocycles. The highest BCUT2D eigenvalue weighted by Crippen LogP contribution is 2.30. The zero-order valence-electron chi connectivity index (χ0n) is 19.9. The highest BCUT2D eigenvalue weighted by molar-refractivity contribution is 5.99. The topological polar surface area (TPSA) is 108 Å². The number of anilines is 1. The number of carbonyl (C=O) groups is 1. The normalized spacial score (nSPS) is 20.0. The van der Waals surface area contributed by atoms with Crippen LogP contribution in [-0.4, -0.2) is 70.4 Å². The van der Waals surface area contributed by atoms with Gasteiger partial charge in [-0.1, -0.05) is 32.6 Å². The van der Waals surface area contributed by atoms with Gasteiger partial charge in [0.2, 0.25) is 11.8 Å². The number of aliphatic hydroxyl groups is 2. The summed E-state index contributed by atoms with van der Waals surface area (Å²) in [5.41, 5.74) is 1.84. The van der Waals surface area contributed by atoms with E-state index < -0.39 is 6.10 Å². The van der Waals surface area contributed by atoms with Crippen LogP contribution in [0.5, 0.6) is 5.88 Å². The van der Waals surface area contributed by atoms with Crippen LogP contribution in [0.15, 0.2) is 24.4 Å². The van der Waals surface area contributed by atoms with E-state index in [-0.39, 0.29) is 24.3 Å². The molecule has 3 heterocycles. The van der Waals surface area contributed by atoms with E-state index >= 15 is 0 Å². The molecule has 0 bridgehead atoms. The van der Waals surface area contributed by atoms with E-state index in [1.807, 2.05) is 6.07 Å². The Morgan fingerprint density at radius 2 is 2.09 bits per heavy atom. The quantitative estimate of drug-likeness (QED) is 0.419. The fourth-order valence-electron chi connectivity index (χ4n) is 4.73. The van der Waals surface area contributed by atoms with Gasteiger partial charge < -0.3 is 25.2 Å². The van der Waals surface area contributed by atoms with Crippen molar-refractivity contribution < 1.29 is 19.7 Å². The molecule has 3 atom stereocenters. The average Bonchev–Trinajstić information content (AvgIpc) is 2.84. The van der Waals surface area contributed by atoms with E-state index in [0.29, 0.717) is 35.6 Å². The predicted octanol–water partition coefficient (Wildman–Crippen LogP) is 3.23. The first-order valence-electron chi connectivity index (χ1n) is 12.2. The number of unbranched alkanes of at least 4 members (excludes halogenated alkanes) is 4. The Hall–Kier alpha value is -2.29. The predicted molar refractivity (Wildman–Crippen MR) is 129 cm³/mol. The highest BCUT2D eigenvalue weighted by Gasteiger charge is 2.35. The number of aliphatic hydroxyl groups excluding tert-OH is 2. The number of methoxy groups -OCH3 is 1. The number of fused-ring (bicyclic) bond motifs is 1. The van der Waals surface area contributed by atoms with E-state index in [1.54, 1.807) is 25.4 Å². The highest BCUT2D eigenvalue weighted by atomic mass is 16.5. The molecule has 1 aliphatic heterocycles. The van der Waals surface area contributed by atoms with E-state index in [1.165, 1.54) is 25.7 Å². The van der Waals surface area contributed by atoms with Crippen LogP contribution in [0.25, 0.3) is 11.0 Å². The fraction of sp³-hybridized carbons (Fsp3) is 0.640. The van der Waals surface area contributed by atoms with E-state index in [2.05, 4.69) is 27.1 Å². The van der Waals surface area contributed by atoms with Crippen LogP contribution in [-0.2, 0) is 4.79 Å². The van der Waals surface area contributed by atoms with Gasteiger partial charge in [0.1, 0.15) is 5.52 Å². The second-order valence-electron chi connectivity index (χ2n) is 9.01. The molecule has 0 aliphatic carbocycles. The lowest BCUT2D eigenvalue weighted by Crippen LogP contribution is -2.47. The van der Waals surface area contributed by atoms with Crippen LogP contribution in [0, 0.1) is 11.8 Å². The van der Waals surface area contributed by atoms with Gasteiger partial charge in [-0.25, -0.2) is 4.98 Å². The SMILES string of the molecule is CCCCCCCN1CCC(CC(=O)Nc2ccnc3ccc(OC)nc23)C(C(O)CO)C1. The molecule has 1 amide bonds. The molecule has 3 rings (SSSR count). The third-order valence-corrected chi connectivity index (χ3v) is 6.64. The number of rotatable bonds is 12. The molecule has 33 heavy (non-hydrogen) atoms. The van der Waals surface area contributed by atoms with Crippen molar-refractivity contribution >= 4 is 22.6 Å². The Balaban J connectivity index is 1.61. The van der Waals surface area contributed by atoms with Gasteiger partial charge in [0.15, 0.2) is 0 Å². The molecule has 8 heteroatoms. The van der Waals surface area contributed by atoms with Gasteiger partial charge in [-0.2, -0.15) is 0 Å². The molecule has 1 aliphatic rings. The van der Waals surface area contributed by atoms with Crippen LogP contribution >= 0.6 is 0 Å². The first kappa shape index (κ1) is 25.3. The molecule has 0 aromatic carbocycles. The molecule has 0 spiro atoms. The molecule has 0 radical (unpaired) electrons. The number of hydrogen-bond donors (Lipinski definition) is 3. The van der Waals surface area contributed by atoms with Gasteiger partial charge in [0, 0.05) is 31.1 Å². The van der Waals surface area contributed by atoms with Crippen molar-refractivity contribution in [1.82, 2.24) is 14.9 Å². The fourth-order valence-corrected chi connectivity index (χ4v) is 4.73. The van der Waals surface area contributed by atoms with Crippen LogP contribution < -0.4 is 10.1 Å². The molecule has 2 aromatic rings. The van der Waals surface area contributed by atoms with Gasteiger partial charge >= 0.3 is 0 Å². The van der Waals surface area contributed by atoms with Gasteiger partial charge in [0.05, 0.1) is 31.0 Å². The number of hydrogen-bond acceptors (Lipinski definition) is 7. The first-order valence-corrected chi connectivity index (χ1v) is 12.2. The average molecular weight is 459 g/mol. The number of pyridine rings is 2. The summed E-state index contributed by atoms with van der Waals surface area (Å²) in [5, 5.41) is 23.1. The van der Waals surface area contributed by atoms with Crippen LogP contribution in [0.3, 0.4) is 0 Å². The van der Waals surface area contributed by atoms with Crippen LogP contribution in [0.1, 0.15) is 51.9 Å². The van der Waals surface area contributed by atoms with E-state index in [0.717, 1.165) is 25.9 Å². The first-order chi connectivity index (χ1) is 16.0. The van der Waals surface area contributed by atoms with Crippen molar-refractivity contribution in [2.24, 2.45) is 11.8 Å². The zero-order valence-corrected chi connectivity index (χ0v) is 19.9. The zero-order chi connectivity index (χ0) is 23.6. The molecular weight excluding hydrogens is 420 g/mol. The number of carbonyl (C=O) groups excluding carboxylic acids is 1. The monoisotopic (exact) mass is 458 g/mol. The summed E-state index contributed by atoms with van der Waals surface area (Å²) in [6.45, 7) is 4.56. The number of nitrogens with one attached hydrogen (secondary N) is 1. The molecule has 3 unspecified atom stereocenters. The van der Waals surface area contributed by atoms with Gasteiger partial charge in [-0.3, -0.25) is 9.78 Å². The third kappa shape index (κ3) is 7.09. The molecule has 182 valence electrons. The van der Waals surface area contributed by atoms with Gasteiger partial charge in [0.25, 0.3) is 0 Å². The number of nitrogens with zero attached hydrogens (tertiary/aromatic N) is 3. The van der Waals surface area contributed by atoms with Crippen molar-refractivity contribution in [2.75, 3.05) is 38.7 Å². The summed E-state index contributed by atoms with van der Waals surface area (Å²) in [7, 11) is 1.55. The minimum atomic E-state index is -0.821. The van der Waals surface area contributed by atoms with Crippen molar-refractivity contribution in [3.8, 4) is 5.88 Å². The number of likely N-dealkylation sites (tertiary alicyclic amines) is 1. The van der Waals surface area contributed by atoms with E-state index in [9.17, 15) is 15.0 Å². The second-order valence-corrected chi connectivity index (χ2v) is 9.01. The molecular formula is C25H38N4O4. The molecule has 2 aromatic heterocycles.